The Morgan fingerprint density at radius 1 is 1.28 bits per heavy atom. The Kier molecular flexibility index (Phi) is 3.41. The molecule has 0 bridgehead atoms. The van der Waals surface area contributed by atoms with Crippen LogP contribution in [0.15, 0.2) is 23.9 Å². The van der Waals surface area contributed by atoms with Gasteiger partial charge in [0.1, 0.15) is 5.70 Å². The number of allylic oxidation sites excluding steroid dienone is 2. The summed E-state index contributed by atoms with van der Waals surface area (Å²) in [6, 6.07) is 0. The average molecular weight is 256 g/mol. The van der Waals surface area contributed by atoms with Crippen LogP contribution in [0.2, 0.25) is 0 Å². The summed E-state index contributed by atoms with van der Waals surface area (Å²) in [7, 11) is 1.73. The average Bonchev–Trinajstić information content (AvgIpc) is 2.36. The van der Waals surface area contributed by atoms with Crippen molar-refractivity contribution < 1.29 is 13.6 Å². The van der Waals surface area contributed by atoms with Crippen molar-refractivity contribution in [1.29, 1.82) is 0 Å². The Bertz CT molecular complexity index is 404. The van der Waals surface area contributed by atoms with Crippen molar-refractivity contribution in [2.45, 2.75) is 25.2 Å². The second-order valence-electron chi connectivity index (χ2n) is 5.01. The minimum atomic E-state index is -2.67. The van der Waals surface area contributed by atoms with Crippen molar-refractivity contribution in [2.75, 3.05) is 26.7 Å². The molecule has 0 N–H and O–H groups in total. The van der Waals surface area contributed by atoms with Gasteiger partial charge in [-0.25, -0.2) is 8.78 Å². The molecule has 3 nitrogen and oxygen atoms in total. The van der Waals surface area contributed by atoms with Gasteiger partial charge in [0, 0.05) is 39.5 Å². The maximum Gasteiger partial charge on any atom is 0.269 e. The van der Waals surface area contributed by atoms with Crippen molar-refractivity contribution in [3.63, 3.8) is 0 Å². The van der Waals surface area contributed by atoms with Crippen LogP contribution < -0.4 is 0 Å². The first-order chi connectivity index (χ1) is 8.39. The number of rotatable bonds is 0. The normalized spacial score (nSPS) is 27.8. The standard InChI is InChI=1S/C13H18F2N2O/c1-10-3-4-13(14,15)5-6-17-8-7-16(2)12(18)11(17)9-10/h9H,1,3-8H2,2H3/b11-9-. The Labute approximate surface area is 106 Å². The lowest BCUT2D eigenvalue weighted by Crippen LogP contribution is -2.47. The minimum absolute atomic E-state index is 0.104. The highest BCUT2D eigenvalue weighted by Gasteiger charge is 2.34. The topological polar surface area (TPSA) is 23.6 Å². The molecular formula is C13H18F2N2O. The third kappa shape index (κ3) is 2.71. The van der Waals surface area contributed by atoms with Crippen LogP contribution >= 0.6 is 0 Å². The van der Waals surface area contributed by atoms with Crippen LogP contribution in [-0.2, 0) is 4.79 Å². The predicted octanol–water partition coefficient (Wildman–Crippen LogP) is 2.02. The van der Waals surface area contributed by atoms with Crippen LogP contribution in [0, 0.1) is 0 Å². The van der Waals surface area contributed by atoms with E-state index >= 15 is 0 Å². The van der Waals surface area contributed by atoms with Gasteiger partial charge in [-0.3, -0.25) is 4.79 Å². The molecule has 0 aromatic carbocycles. The largest absolute Gasteiger partial charge is 0.365 e. The number of likely N-dealkylation sites (N-methyl/N-ethyl adjacent to an activating group) is 1. The number of amides is 1. The van der Waals surface area contributed by atoms with Crippen LogP contribution in [-0.4, -0.2) is 48.3 Å². The van der Waals surface area contributed by atoms with E-state index in [2.05, 4.69) is 6.58 Å². The molecule has 0 aromatic heterocycles. The number of nitrogens with zero attached hydrogens (tertiary/aromatic N) is 2. The summed E-state index contributed by atoms with van der Waals surface area (Å²) in [4.78, 5) is 15.4. The molecular weight excluding hydrogens is 238 g/mol. The molecule has 1 fully saturated rings. The molecule has 0 saturated carbocycles. The number of alkyl halides is 2. The van der Waals surface area contributed by atoms with E-state index < -0.39 is 5.92 Å². The molecule has 5 heteroatoms. The molecule has 0 atom stereocenters. The third-order valence-electron chi connectivity index (χ3n) is 3.51. The molecule has 0 aliphatic carbocycles. The highest BCUT2D eigenvalue weighted by molar-refractivity contribution is 5.93. The number of fused-ring (bicyclic) bond motifs is 1. The van der Waals surface area contributed by atoms with E-state index in [9.17, 15) is 13.6 Å². The number of hydrogen-bond acceptors (Lipinski definition) is 2. The van der Waals surface area contributed by atoms with E-state index in [1.807, 2.05) is 0 Å². The molecule has 18 heavy (non-hydrogen) atoms. The Balaban J connectivity index is 2.26. The van der Waals surface area contributed by atoms with Gasteiger partial charge in [0.25, 0.3) is 5.91 Å². The number of hydrogen-bond donors (Lipinski definition) is 0. The van der Waals surface area contributed by atoms with Gasteiger partial charge in [0.2, 0.25) is 5.92 Å². The molecule has 1 amide bonds. The molecule has 2 aliphatic rings. The maximum absolute atomic E-state index is 13.5. The lowest BCUT2D eigenvalue weighted by molar-refractivity contribution is -0.130. The van der Waals surface area contributed by atoms with Gasteiger partial charge in [-0.15, -0.1) is 0 Å². The number of halogens is 2. The van der Waals surface area contributed by atoms with Crippen LogP contribution in [0.4, 0.5) is 8.78 Å². The molecule has 1 saturated heterocycles. The summed E-state index contributed by atoms with van der Waals surface area (Å²) in [5.74, 6) is -2.77. The number of carbonyl (C=O) groups excluding carboxylic acids is 1. The first-order valence-corrected chi connectivity index (χ1v) is 6.17. The highest BCUT2D eigenvalue weighted by atomic mass is 19.3. The van der Waals surface area contributed by atoms with Gasteiger partial charge >= 0.3 is 0 Å². The van der Waals surface area contributed by atoms with Gasteiger partial charge < -0.3 is 9.80 Å². The first-order valence-electron chi connectivity index (χ1n) is 6.17. The molecule has 2 aliphatic heterocycles. The summed E-state index contributed by atoms with van der Waals surface area (Å²) in [6.07, 6.45) is 1.52. The predicted molar refractivity (Wildman–Crippen MR) is 65.2 cm³/mol. The van der Waals surface area contributed by atoms with Crippen LogP contribution in [0.5, 0.6) is 0 Å². The van der Waals surface area contributed by atoms with E-state index in [4.69, 9.17) is 0 Å². The van der Waals surface area contributed by atoms with Gasteiger partial charge in [0.05, 0.1) is 0 Å². The monoisotopic (exact) mass is 256 g/mol. The Hall–Kier alpha value is -1.39. The van der Waals surface area contributed by atoms with Crippen molar-refractivity contribution in [1.82, 2.24) is 9.80 Å². The zero-order valence-corrected chi connectivity index (χ0v) is 10.6. The number of carbonyl (C=O) groups is 1. The van der Waals surface area contributed by atoms with E-state index in [1.54, 1.807) is 22.9 Å². The minimum Gasteiger partial charge on any atom is -0.365 e. The summed E-state index contributed by atoms with van der Waals surface area (Å²) in [5.41, 5.74) is 1.10. The van der Waals surface area contributed by atoms with Crippen LogP contribution in [0.1, 0.15) is 19.3 Å². The zero-order chi connectivity index (χ0) is 13.3. The van der Waals surface area contributed by atoms with Crippen molar-refractivity contribution >= 4 is 5.91 Å². The van der Waals surface area contributed by atoms with Crippen molar-refractivity contribution in [3.05, 3.63) is 23.9 Å². The lowest BCUT2D eigenvalue weighted by Gasteiger charge is -2.36. The first kappa shape index (κ1) is 13.1. The maximum atomic E-state index is 13.5. The smallest absolute Gasteiger partial charge is 0.269 e. The Morgan fingerprint density at radius 2 is 2.00 bits per heavy atom. The fourth-order valence-electron chi connectivity index (χ4n) is 2.24. The summed E-state index contributed by atoms with van der Waals surface area (Å²) < 4.78 is 27.1. The van der Waals surface area contributed by atoms with Gasteiger partial charge in [-0.2, -0.15) is 0 Å². The second kappa shape index (κ2) is 4.71. The van der Waals surface area contributed by atoms with E-state index in [0.29, 0.717) is 24.4 Å². The molecule has 2 rings (SSSR count). The second-order valence-corrected chi connectivity index (χ2v) is 5.01. The fraction of sp³-hybridized carbons (Fsp3) is 0.615. The molecule has 100 valence electrons. The lowest BCUT2D eigenvalue weighted by atomic mass is 10.1. The van der Waals surface area contributed by atoms with Gasteiger partial charge in [0.15, 0.2) is 0 Å². The number of piperazine rings is 1. The quantitative estimate of drug-likeness (QED) is 0.662. The van der Waals surface area contributed by atoms with Crippen LogP contribution in [0.3, 0.4) is 0 Å². The summed E-state index contributed by atoms with van der Waals surface area (Å²) in [6.45, 7) is 5.18. The molecule has 2 heterocycles. The highest BCUT2D eigenvalue weighted by Crippen LogP contribution is 2.30. The fourth-order valence-corrected chi connectivity index (χ4v) is 2.24. The Morgan fingerprint density at radius 3 is 2.72 bits per heavy atom. The van der Waals surface area contributed by atoms with Crippen LogP contribution in [0.25, 0.3) is 0 Å². The molecule has 0 aromatic rings. The van der Waals surface area contributed by atoms with E-state index in [0.717, 1.165) is 0 Å². The summed E-state index contributed by atoms with van der Waals surface area (Å²) >= 11 is 0. The molecule has 0 unspecified atom stereocenters. The zero-order valence-electron chi connectivity index (χ0n) is 10.6. The van der Waals surface area contributed by atoms with Gasteiger partial charge in [-0.05, 0) is 12.5 Å². The van der Waals surface area contributed by atoms with E-state index in [1.165, 1.54) is 0 Å². The summed E-state index contributed by atoms with van der Waals surface area (Å²) in [5, 5.41) is 0. The third-order valence-corrected chi connectivity index (χ3v) is 3.51. The van der Waals surface area contributed by atoms with Gasteiger partial charge in [-0.1, -0.05) is 12.2 Å². The van der Waals surface area contributed by atoms with Crippen molar-refractivity contribution in [2.24, 2.45) is 0 Å². The molecule has 0 radical (unpaired) electrons. The SMILES string of the molecule is C=C1/C=C2/C(=O)N(C)CCN2CCC(F)(F)CC1. The molecule has 0 spiro atoms. The van der Waals surface area contributed by atoms with Crippen molar-refractivity contribution in [3.8, 4) is 0 Å². The van der Waals surface area contributed by atoms with E-state index in [-0.39, 0.29) is 31.7 Å².